The molecule has 0 amide bonds. The summed E-state index contributed by atoms with van der Waals surface area (Å²) in [6, 6.07) is 7.18. The van der Waals surface area contributed by atoms with Crippen molar-refractivity contribution in [1.29, 1.82) is 0 Å². The van der Waals surface area contributed by atoms with Crippen molar-refractivity contribution in [1.82, 2.24) is 0 Å². The highest BCUT2D eigenvalue weighted by atomic mass is 32.2. The topological polar surface area (TPSA) is 64.6 Å². The van der Waals surface area contributed by atoms with E-state index in [-0.39, 0.29) is 5.69 Å². The van der Waals surface area contributed by atoms with Gasteiger partial charge in [0.15, 0.2) is 16.4 Å². The van der Waals surface area contributed by atoms with Gasteiger partial charge in [0.05, 0.1) is 18.9 Å². The number of anilines is 1. The van der Waals surface area contributed by atoms with Gasteiger partial charge in [-0.1, -0.05) is 6.07 Å². The van der Waals surface area contributed by atoms with Crippen LogP contribution in [0.2, 0.25) is 0 Å². The van der Waals surface area contributed by atoms with Crippen LogP contribution in [0.15, 0.2) is 41.3 Å². The van der Waals surface area contributed by atoms with Crippen LogP contribution in [-0.4, -0.2) is 21.6 Å². The maximum atomic E-state index is 13.7. The van der Waals surface area contributed by atoms with Gasteiger partial charge in [0.2, 0.25) is 0 Å². The van der Waals surface area contributed by atoms with Crippen LogP contribution in [0.3, 0.4) is 0 Å². The third kappa shape index (κ3) is 3.94. The number of rotatable bonds is 7. The van der Waals surface area contributed by atoms with Crippen molar-refractivity contribution in [3.63, 3.8) is 0 Å². The number of halogens is 2. The molecule has 0 aliphatic rings. The second kappa shape index (κ2) is 7.48. The Kier molecular flexibility index (Phi) is 5.61. The van der Waals surface area contributed by atoms with Crippen molar-refractivity contribution in [3.8, 4) is 11.5 Å². The minimum atomic E-state index is -4.43. The molecule has 8 heteroatoms. The Morgan fingerprint density at radius 1 is 0.958 bits per heavy atom. The molecular weight excluding hydrogens is 340 g/mol. The van der Waals surface area contributed by atoms with E-state index in [1.807, 2.05) is 0 Å². The molecule has 0 unspecified atom stereocenters. The lowest BCUT2D eigenvalue weighted by Crippen LogP contribution is -2.16. The molecule has 0 aliphatic carbocycles. The Morgan fingerprint density at radius 2 is 1.54 bits per heavy atom. The summed E-state index contributed by atoms with van der Waals surface area (Å²) in [5.74, 6) is -1.56. The smallest absolute Gasteiger partial charge is 0.267 e. The van der Waals surface area contributed by atoms with Gasteiger partial charge in [-0.2, -0.15) is 0 Å². The zero-order chi connectivity index (χ0) is 17.7. The Morgan fingerprint density at radius 3 is 2.12 bits per heavy atom. The van der Waals surface area contributed by atoms with Gasteiger partial charge in [-0.3, -0.25) is 4.72 Å². The molecule has 0 spiro atoms. The maximum Gasteiger partial charge on any atom is 0.267 e. The fraction of sp³-hybridized carbons (Fsp3) is 0.250. The Bertz CT molecular complexity index is 805. The molecule has 0 atom stereocenters. The van der Waals surface area contributed by atoms with Gasteiger partial charge in [-0.25, -0.2) is 17.2 Å². The minimum Gasteiger partial charge on any atom is -0.490 e. The molecule has 0 fully saturated rings. The van der Waals surface area contributed by atoms with Crippen LogP contribution in [0, 0.1) is 11.6 Å². The van der Waals surface area contributed by atoms with Gasteiger partial charge in [0.25, 0.3) is 10.0 Å². The monoisotopic (exact) mass is 357 g/mol. The van der Waals surface area contributed by atoms with Crippen LogP contribution in [0.1, 0.15) is 13.8 Å². The lowest BCUT2D eigenvalue weighted by molar-refractivity contribution is 0.288. The van der Waals surface area contributed by atoms with Crippen LogP contribution in [-0.2, 0) is 10.0 Å². The first kappa shape index (κ1) is 18.0. The third-order valence-electron chi connectivity index (χ3n) is 2.98. The molecule has 1 N–H and O–H groups in total. The van der Waals surface area contributed by atoms with E-state index in [1.165, 1.54) is 18.2 Å². The molecule has 0 radical (unpaired) electrons. The first-order valence-electron chi connectivity index (χ1n) is 7.25. The minimum absolute atomic E-state index is 0.101. The van der Waals surface area contributed by atoms with E-state index < -0.39 is 26.6 Å². The summed E-state index contributed by atoms with van der Waals surface area (Å²) in [7, 11) is -4.43. The van der Waals surface area contributed by atoms with Crippen molar-refractivity contribution < 1.29 is 26.7 Å². The normalized spacial score (nSPS) is 11.2. The summed E-state index contributed by atoms with van der Waals surface area (Å²) in [4.78, 5) is -1.03. The highest BCUT2D eigenvalue weighted by Gasteiger charge is 2.24. The second-order valence-corrected chi connectivity index (χ2v) is 6.30. The molecular formula is C16H17F2NO4S. The quantitative estimate of drug-likeness (QED) is 0.823. The van der Waals surface area contributed by atoms with E-state index in [2.05, 4.69) is 4.72 Å². The summed E-state index contributed by atoms with van der Waals surface area (Å²) in [6.45, 7) is 4.32. The van der Waals surface area contributed by atoms with Gasteiger partial charge in [0.1, 0.15) is 11.6 Å². The van der Waals surface area contributed by atoms with E-state index in [4.69, 9.17) is 9.47 Å². The standard InChI is InChI=1S/C16H17F2NO4S/c1-3-22-14-9-8-11(10-15(14)23-4-2)19-24(20,21)16-12(17)6-5-7-13(16)18/h5-10,19H,3-4H2,1-2H3. The highest BCUT2D eigenvalue weighted by molar-refractivity contribution is 7.92. The lowest BCUT2D eigenvalue weighted by Gasteiger charge is -2.14. The van der Waals surface area contributed by atoms with Gasteiger partial charge in [-0.15, -0.1) is 0 Å². The number of ether oxygens (including phenoxy) is 2. The molecule has 2 rings (SSSR count). The van der Waals surface area contributed by atoms with Crippen LogP contribution in [0.25, 0.3) is 0 Å². The SMILES string of the molecule is CCOc1ccc(NS(=O)(=O)c2c(F)cccc2F)cc1OCC. The molecule has 0 heterocycles. The largest absolute Gasteiger partial charge is 0.490 e. The van der Waals surface area contributed by atoms with Crippen molar-refractivity contribution in [2.75, 3.05) is 17.9 Å². The van der Waals surface area contributed by atoms with Crippen LogP contribution < -0.4 is 14.2 Å². The number of hydrogen-bond donors (Lipinski definition) is 1. The predicted molar refractivity (Wildman–Crippen MR) is 85.9 cm³/mol. The molecule has 2 aromatic rings. The van der Waals surface area contributed by atoms with Crippen molar-refractivity contribution in [2.45, 2.75) is 18.7 Å². The van der Waals surface area contributed by atoms with E-state index in [9.17, 15) is 17.2 Å². The molecule has 2 aromatic carbocycles. The predicted octanol–water partition coefficient (Wildman–Crippen LogP) is 3.56. The van der Waals surface area contributed by atoms with Crippen molar-refractivity contribution in [3.05, 3.63) is 48.0 Å². The number of nitrogens with one attached hydrogen (secondary N) is 1. The van der Waals surface area contributed by atoms with Crippen LogP contribution >= 0.6 is 0 Å². The summed E-state index contributed by atoms with van der Waals surface area (Å²) in [5, 5.41) is 0. The summed E-state index contributed by atoms with van der Waals surface area (Å²) in [5.41, 5.74) is 0.101. The molecule has 5 nitrogen and oxygen atoms in total. The van der Waals surface area contributed by atoms with Gasteiger partial charge in [0, 0.05) is 6.07 Å². The zero-order valence-electron chi connectivity index (χ0n) is 13.2. The average molecular weight is 357 g/mol. The van der Waals surface area contributed by atoms with Gasteiger partial charge >= 0.3 is 0 Å². The van der Waals surface area contributed by atoms with E-state index in [1.54, 1.807) is 13.8 Å². The molecule has 0 bridgehead atoms. The molecule has 0 saturated carbocycles. The Labute approximate surface area is 139 Å². The molecule has 130 valence electrons. The van der Waals surface area contributed by atoms with Crippen molar-refractivity contribution >= 4 is 15.7 Å². The lowest BCUT2D eigenvalue weighted by atomic mass is 10.3. The van der Waals surface area contributed by atoms with E-state index in [0.717, 1.165) is 18.2 Å². The first-order chi connectivity index (χ1) is 11.4. The Balaban J connectivity index is 2.38. The van der Waals surface area contributed by atoms with Gasteiger partial charge < -0.3 is 9.47 Å². The first-order valence-corrected chi connectivity index (χ1v) is 8.73. The summed E-state index contributed by atoms with van der Waals surface area (Å²) < 4.78 is 64.8. The van der Waals surface area contributed by atoms with Crippen LogP contribution in [0.4, 0.5) is 14.5 Å². The van der Waals surface area contributed by atoms with Gasteiger partial charge in [-0.05, 0) is 38.1 Å². The molecule has 0 saturated heterocycles. The van der Waals surface area contributed by atoms with E-state index in [0.29, 0.717) is 24.7 Å². The summed E-state index contributed by atoms with van der Waals surface area (Å²) in [6.07, 6.45) is 0. The van der Waals surface area contributed by atoms with E-state index >= 15 is 0 Å². The maximum absolute atomic E-state index is 13.7. The van der Waals surface area contributed by atoms with Crippen molar-refractivity contribution in [2.24, 2.45) is 0 Å². The number of sulfonamides is 1. The molecule has 24 heavy (non-hydrogen) atoms. The fourth-order valence-electron chi connectivity index (χ4n) is 2.06. The second-order valence-electron chi connectivity index (χ2n) is 4.68. The number of benzene rings is 2. The fourth-order valence-corrected chi connectivity index (χ4v) is 3.25. The molecule has 0 aliphatic heterocycles. The molecule has 0 aromatic heterocycles. The Hall–Kier alpha value is -2.35. The summed E-state index contributed by atoms with van der Waals surface area (Å²) >= 11 is 0. The number of hydrogen-bond acceptors (Lipinski definition) is 4. The zero-order valence-corrected chi connectivity index (χ0v) is 14.0. The highest BCUT2D eigenvalue weighted by Crippen LogP contribution is 2.32. The van der Waals surface area contributed by atoms with Crippen LogP contribution in [0.5, 0.6) is 11.5 Å². The average Bonchev–Trinajstić information content (AvgIpc) is 2.49. The third-order valence-corrected chi connectivity index (χ3v) is 4.42.